The van der Waals surface area contributed by atoms with E-state index in [1.807, 2.05) is 0 Å². The number of nitrogens with two attached hydrogens (primary N) is 1. The first-order valence-electron chi connectivity index (χ1n) is 6.75. The van der Waals surface area contributed by atoms with Crippen molar-refractivity contribution in [2.24, 2.45) is 17.1 Å². The van der Waals surface area contributed by atoms with Gasteiger partial charge in [0.1, 0.15) is 5.75 Å². The summed E-state index contributed by atoms with van der Waals surface area (Å²) < 4.78 is 5.92. The fourth-order valence-corrected chi connectivity index (χ4v) is 3.50. The second-order valence-electron chi connectivity index (χ2n) is 5.57. The van der Waals surface area contributed by atoms with Gasteiger partial charge in [0.15, 0.2) is 0 Å². The summed E-state index contributed by atoms with van der Waals surface area (Å²) in [6.45, 7) is 1.70. The minimum atomic E-state index is 0.488. The van der Waals surface area contributed by atoms with Gasteiger partial charge in [0, 0.05) is 5.92 Å². The summed E-state index contributed by atoms with van der Waals surface area (Å²) in [4.78, 5) is 0. The SMILES string of the molecule is NCCC1(C2COc3ccccc3C2)CCC1. The van der Waals surface area contributed by atoms with Crippen molar-refractivity contribution in [1.82, 2.24) is 0 Å². The minimum absolute atomic E-state index is 0.488. The maximum atomic E-state index is 5.92. The van der Waals surface area contributed by atoms with Gasteiger partial charge < -0.3 is 10.5 Å². The Bertz CT molecular complexity index is 398. The van der Waals surface area contributed by atoms with E-state index in [9.17, 15) is 0 Å². The van der Waals surface area contributed by atoms with Crippen molar-refractivity contribution >= 4 is 0 Å². The summed E-state index contributed by atoms with van der Waals surface area (Å²) in [7, 11) is 0. The molecular weight excluding hydrogens is 210 g/mol. The molecule has 1 unspecified atom stereocenters. The second kappa shape index (κ2) is 4.34. The Morgan fingerprint density at radius 1 is 1.29 bits per heavy atom. The van der Waals surface area contributed by atoms with E-state index in [4.69, 9.17) is 10.5 Å². The molecule has 0 amide bonds. The summed E-state index contributed by atoms with van der Waals surface area (Å²) in [6.07, 6.45) is 6.41. The Balaban J connectivity index is 1.79. The molecule has 1 heterocycles. The van der Waals surface area contributed by atoms with Crippen LogP contribution in [0.15, 0.2) is 24.3 Å². The second-order valence-corrected chi connectivity index (χ2v) is 5.57. The monoisotopic (exact) mass is 231 g/mol. The average Bonchev–Trinajstić information content (AvgIpc) is 2.33. The third-order valence-electron chi connectivity index (χ3n) is 4.74. The lowest BCUT2D eigenvalue weighted by Gasteiger charge is -2.49. The minimum Gasteiger partial charge on any atom is -0.493 e. The molecule has 1 aliphatic carbocycles. The predicted molar refractivity (Wildman–Crippen MR) is 69.1 cm³/mol. The van der Waals surface area contributed by atoms with Gasteiger partial charge in [-0.2, -0.15) is 0 Å². The highest BCUT2D eigenvalue weighted by Crippen LogP contribution is 2.52. The van der Waals surface area contributed by atoms with Crippen molar-refractivity contribution < 1.29 is 4.74 Å². The van der Waals surface area contributed by atoms with Crippen LogP contribution in [0.2, 0.25) is 0 Å². The molecule has 92 valence electrons. The molecule has 2 aliphatic rings. The summed E-state index contributed by atoms with van der Waals surface area (Å²) in [5.41, 5.74) is 7.65. The van der Waals surface area contributed by atoms with Crippen molar-refractivity contribution in [2.45, 2.75) is 32.1 Å². The van der Waals surface area contributed by atoms with Crippen LogP contribution < -0.4 is 10.5 Å². The first-order chi connectivity index (χ1) is 8.34. The van der Waals surface area contributed by atoms with Gasteiger partial charge in [0.2, 0.25) is 0 Å². The normalized spacial score (nSPS) is 25.6. The van der Waals surface area contributed by atoms with Gasteiger partial charge >= 0.3 is 0 Å². The van der Waals surface area contributed by atoms with Crippen LogP contribution in [-0.2, 0) is 6.42 Å². The lowest BCUT2D eigenvalue weighted by Crippen LogP contribution is -2.44. The molecule has 2 N–H and O–H groups in total. The van der Waals surface area contributed by atoms with E-state index in [0.29, 0.717) is 11.3 Å². The molecule has 2 heteroatoms. The number of fused-ring (bicyclic) bond motifs is 1. The molecule has 1 aliphatic heterocycles. The summed E-state index contributed by atoms with van der Waals surface area (Å²) in [5.74, 6) is 1.76. The van der Waals surface area contributed by atoms with Gasteiger partial charge in [-0.15, -0.1) is 0 Å². The van der Waals surface area contributed by atoms with E-state index in [2.05, 4.69) is 24.3 Å². The summed E-state index contributed by atoms with van der Waals surface area (Å²) in [5, 5.41) is 0. The molecule has 1 atom stereocenters. The highest BCUT2D eigenvalue weighted by atomic mass is 16.5. The van der Waals surface area contributed by atoms with Crippen LogP contribution in [0.4, 0.5) is 0 Å². The Labute approximate surface area is 103 Å². The van der Waals surface area contributed by atoms with Crippen molar-refractivity contribution in [3.8, 4) is 5.75 Å². The van der Waals surface area contributed by atoms with Crippen molar-refractivity contribution in [2.75, 3.05) is 13.2 Å². The molecule has 17 heavy (non-hydrogen) atoms. The highest BCUT2D eigenvalue weighted by molar-refractivity contribution is 5.35. The standard InChI is InChI=1S/C15H21NO/c16-9-8-15(6-3-7-15)13-10-12-4-1-2-5-14(12)17-11-13/h1-2,4-5,13H,3,6-11,16H2. The fraction of sp³-hybridized carbons (Fsp3) is 0.600. The zero-order chi connectivity index (χ0) is 11.7. The maximum Gasteiger partial charge on any atom is 0.122 e. The molecule has 2 nitrogen and oxygen atoms in total. The van der Waals surface area contributed by atoms with E-state index in [0.717, 1.165) is 18.9 Å². The first kappa shape index (κ1) is 11.1. The van der Waals surface area contributed by atoms with Crippen molar-refractivity contribution in [3.05, 3.63) is 29.8 Å². The molecule has 1 fully saturated rings. The van der Waals surface area contributed by atoms with E-state index in [-0.39, 0.29) is 0 Å². The first-order valence-corrected chi connectivity index (χ1v) is 6.75. The van der Waals surface area contributed by atoms with E-state index in [1.54, 1.807) is 0 Å². The molecule has 1 aromatic rings. The molecule has 0 saturated heterocycles. The molecule has 1 aromatic carbocycles. The number of ether oxygens (including phenoxy) is 1. The lowest BCUT2D eigenvalue weighted by atomic mass is 9.58. The average molecular weight is 231 g/mol. The van der Waals surface area contributed by atoms with Crippen LogP contribution in [0.3, 0.4) is 0 Å². The molecule has 0 radical (unpaired) electrons. The summed E-state index contributed by atoms with van der Waals surface area (Å²) in [6, 6.07) is 8.46. The van der Waals surface area contributed by atoms with E-state index < -0.39 is 0 Å². The quantitative estimate of drug-likeness (QED) is 0.868. The molecule has 0 bridgehead atoms. The zero-order valence-electron chi connectivity index (χ0n) is 10.3. The van der Waals surface area contributed by atoms with Gasteiger partial charge in [0.25, 0.3) is 0 Å². The molecule has 1 saturated carbocycles. The maximum absolute atomic E-state index is 5.92. The molecule has 0 spiro atoms. The number of rotatable bonds is 3. The topological polar surface area (TPSA) is 35.2 Å². The molecular formula is C15H21NO. The van der Waals surface area contributed by atoms with Gasteiger partial charge in [-0.25, -0.2) is 0 Å². The molecule has 3 rings (SSSR count). The summed E-state index contributed by atoms with van der Waals surface area (Å²) >= 11 is 0. The van der Waals surface area contributed by atoms with Crippen LogP contribution in [0, 0.1) is 11.3 Å². The Kier molecular flexibility index (Phi) is 2.83. The van der Waals surface area contributed by atoms with Gasteiger partial charge in [0.05, 0.1) is 6.61 Å². The lowest BCUT2D eigenvalue weighted by molar-refractivity contribution is 0.00487. The van der Waals surface area contributed by atoms with Gasteiger partial charge in [-0.05, 0) is 49.3 Å². The molecule has 0 aromatic heterocycles. The largest absolute Gasteiger partial charge is 0.493 e. The van der Waals surface area contributed by atoms with Gasteiger partial charge in [-0.1, -0.05) is 24.6 Å². The van der Waals surface area contributed by atoms with Crippen LogP contribution >= 0.6 is 0 Å². The third-order valence-corrected chi connectivity index (χ3v) is 4.74. The Morgan fingerprint density at radius 2 is 2.12 bits per heavy atom. The Morgan fingerprint density at radius 3 is 2.82 bits per heavy atom. The number of para-hydroxylation sites is 1. The number of benzene rings is 1. The van der Waals surface area contributed by atoms with Gasteiger partial charge in [-0.3, -0.25) is 0 Å². The van der Waals surface area contributed by atoms with Crippen LogP contribution in [0.25, 0.3) is 0 Å². The number of hydrogen-bond acceptors (Lipinski definition) is 2. The highest BCUT2D eigenvalue weighted by Gasteiger charge is 2.44. The number of hydrogen-bond donors (Lipinski definition) is 1. The van der Waals surface area contributed by atoms with Crippen LogP contribution in [0.5, 0.6) is 5.75 Å². The smallest absolute Gasteiger partial charge is 0.122 e. The van der Waals surface area contributed by atoms with E-state index >= 15 is 0 Å². The predicted octanol–water partition coefficient (Wildman–Crippen LogP) is 2.76. The Hall–Kier alpha value is -1.02. The third kappa shape index (κ3) is 1.85. The fourth-order valence-electron chi connectivity index (χ4n) is 3.50. The van der Waals surface area contributed by atoms with Crippen LogP contribution in [0.1, 0.15) is 31.2 Å². The van der Waals surface area contributed by atoms with E-state index in [1.165, 1.54) is 37.7 Å². The van der Waals surface area contributed by atoms with Crippen molar-refractivity contribution in [3.63, 3.8) is 0 Å². The van der Waals surface area contributed by atoms with Crippen LogP contribution in [-0.4, -0.2) is 13.2 Å². The zero-order valence-corrected chi connectivity index (χ0v) is 10.3. The van der Waals surface area contributed by atoms with Crippen molar-refractivity contribution in [1.29, 1.82) is 0 Å².